The Labute approximate surface area is 94.3 Å². The Balaban J connectivity index is 1.86. The van der Waals surface area contributed by atoms with Crippen LogP contribution in [-0.2, 0) is 13.1 Å². The lowest BCUT2D eigenvalue weighted by Gasteiger charge is -2.05. The Morgan fingerprint density at radius 1 is 1.07 bits per heavy atom. The topological polar surface area (TPSA) is 27.8 Å². The van der Waals surface area contributed by atoms with Crippen LogP contribution in [0, 0.1) is 0 Å². The molecule has 1 heterocycles. The highest BCUT2D eigenvalue weighted by Crippen LogP contribution is 2.14. The van der Waals surface area contributed by atoms with Gasteiger partial charge >= 0.3 is 0 Å². The number of H-pyrrole nitrogens is 1. The molecule has 0 amide bonds. The number of rotatable bonds is 4. The molecule has 1 aromatic carbocycles. The van der Waals surface area contributed by atoms with E-state index in [0.717, 1.165) is 23.7 Å². The minimum Gasteiger partial charge on any atom is -0.364 e. The molecule has 2 nitrogen and oxygen atoms in total. The van der Waals surface area contributed by atoms with Crippen molar-refractivity contribution in [2.24, 2.45) is 0 Å². The summed E-state index contributed by atoms with van der Waals surface area (Å²) in [6, 6.07) is 11.9. The van der Waals surface area contributed by atoms with Crippen LogP contribution in [-0.4, -0.2) is 4.98 Å². The molecule has 0 atom stereocenters. The molecule has 0 spiro atoms. The first-order valence-electron chi connectivity index (χ1n) is 4.92. The van der Waals surface area contributed by atoms with Gasteiger partial charge in [-0.05, 0) is 23.8 Å². The summed E-state index contributed by atoms with van der Waals surface area (Å²) in [6.45, 7) is 1.62. The molecule has 0 aliphatic heterocycles. The number of benzene rings is 1. The van der Waals surface area contributed by atoms with Crippen LogP contribution in [0.5, 0.6) is 0 Å². The molecule has 0 radical (unpaired) electrons. The summed E-state index contributed by atoms with van der Waals surface area (Å²) in [5.41, 5.74) is 2.31. The maximum absolute atomic E-state index is 6.04. The van der Waals surface area contributed by atoms with Gasteiger partial charge in [-0.1, -0.05) is 29.8 Å². The summed E-state index contributed by atoms with van der Waals surface area (Å²) in [7, 11) is 0. The third-order valence-electron chi connectivity index (χ3n) is 2.25. The van der Waals surface area contributed by atoms with Gasteiger partial charge in [0.25, 0.3) is 0 Å². The smallest absolute Gasteiger partial charge is 0.0450 e. The Morgan fingerprint density at radius 3 is 2.67 bits per heavy atom. The zero-order chi connectivity index (χ0) is 10.5. The molecular weight excluding hydrogens is 208 g/mol. The van der Waals surface area contributed by atoms with Crippen LogP contribution in [0.1, 0.15) is 11.3 Å². The van der Waals surface area contributed by atoms with E-state index in [-0.39, 0.29) is 0 Å². The first kappa shape index (κ1) is 10.3. The number of halogens is 1. The van der Waals surface area contributed by atoms with Crippen molar-refractivity contribution >= 4 is 11.6 Å². The van der Waals surface area contributed by atoms with Gasteiger partial charge in [-0.15, -0.1) is 0 Å². The second-order valence-corrected chi connectivity index (χ2v) is 3.80. The summed E-state index contributed by atoms with van der Waals surface area (Å²) in [5.74, 6) is 0. The van der Waals surface area contributed by atoms with Gasteiger partial charge in [0, 0.05) is 30.0 Å². The van der Waals surface area contributed by atoms with E-state index in [9.17, 15) is 0 Å². The van der Waals surface area contributed by atoms with Gasteiger partial charge in [-0.25, -0.2) is 0 Å². The SMILES string of the molecule is Clc1ccccc1CNCc1ccc[nH]1. The minimum absolute atomic E-state index is 0.790. The summed E-state index contributed by atoms with van der Waals surface area (Å²) < 4.78 is 0. The maximum Gasteiger partial charge on any atom is 0.0450 e. The number of hydrogen-bond acceptors (Lipinski definition) is 1. The average Bonchev–Trinajstić information content (AvgIpc) is 2.74. The van der Waals surface area contributed by atoms with Crippen molar-refractivity contribution in [2.45, 2.75) is 13.1 Å². The third-order valence-corrected chi connectivity index (χ3v) is 2.62. The number of aromatic nitrogens is 1. The van der Waals surface area contributed by atoms with Crippen LogP contribution < -0.4 is 5.32 Å². The molecule has 0 aliphatic carbocycles. The summed E-state index contributed by atoms with van der Waals surface area (Å²) in [5, 5.41) is 4.15. The van der Waals surface area contributed by atoms with Crippen LogP contribution >= 0.6 is 11.6 Å². The molecule has 0 saturated carbocycles. The monoisotopic (exact) mass is 220 g/mol. The fraction of sp³-hybridized carbons (Fsp3) is 0.167. The molecule has 0 saturated heterocycles. The van der Waals surface area contributed by atoms with Crippen LogP contribution in [0.15, 0.2) is 42.6 Å². The second-order valence-electron chi connectivity index (χ2n) is 3.39. The van der Waals surface area contributed by atoms with Crippen molar-refractivity contribution in [3.05, 3.63) is 58.9 Å². The van der Waals surface area contributed by atoms with E-state index in [1.165, 1.54) is 5.69 Å². The first-order chi connectivity index (χ1) is 7.36. The number of hydrogen-bond donors (Lipinski definition) is 2. The Bertz CT molecular complexity index is 409. The van der Waals surface area contributed by atoms with Crippen molar-refractivity contribution in [1.29, 1.82) is 0 Å². The molecule has 1 aromatic heterocycles. The quantitative estimate of drug-likeness (QED) is 0.815. The van der Waals surface area contributed by atoms with Crippen molar-refractivity contribution < 1.29 is 0 Å². The normalized spacial score (nSPS) is 10.5. The molecule has 0 bridgehead atoms. The van der Waals surface area contributed by atoms with Crippen molar-refractivity contribution in [2.75, 3.05) is 0 Å². The standard InChI is InChI=1S/C12H13ClN2/c13-12-6-2-1-4-10(12)8-14-9-11-5-3-7-15-11/h1-7,14-15H,8-9H2. The van der Waals surface area contributed by atoms with Crippen LogP contribution in [0.4, 0.5) is 0 Å². The van der Waals surface area contributed by atoms with E-state index >= 15 is 0 Å². The lowest BCUT2D eigenvalue weighted by atomic mass is 10.2. The lowest BCUT2D eigenvalue weighted by Crippen LogP contribution is -2.13. The van der Waals surface area contributed by atoms with E-state index in [4.69, 9.17) is 11.6 Å². The van der Waals surface area contributed by atoms with E-state index in [0.29, 0.717) is 0 Å². The molecule has 2 N–H and O–H groups in total. The molecular formula is C12H13ClN2. The van der Waals surface area contributed by atoms with E-state index < -0.39 is 0 Å². The summed E-state index contributed by atoms with van der Waals surface area (Å²) >= 11 is 6.04. The Hall–Kier alpha value is -1.25. The van der Waals surface area contributed by atoms with E-state index in [1.807, 2.05) is 36.5 Å². The molecule has 0 aliphatic rings. The average molecular weight is 221 g/mol. The Kier molecular flexibility index (Phi) is 3.43. The zero-order valence-electron chi connectivity index (χ0n) is 8.33. The van der Waals surface area contributed by atoms with Gasteiger partial charge in [0.2, 0.25) is 0 Å². The molecule has 78 valence electrons. The summed E-state index contributed by atoms with van der Waals surface area (Å²) in [6.07, 6.45) is 1.92. The lowest BCUT2D eigenvalue weighted by molar-refractivity contribution is 0.683. The maximum atomic E-state index is 6.04. The third kappa shape index (κ3) is 2.85. The molecule has 3 heteroatoms. The molecule has 0 fully saturated rings. The van der Waals surface area contributed by atoms with Crippen LogP contribution in [0.3, 0.4) is 0 Å². The summed E-state index contributed by atoms with van der Waals surface area (Å²) in [4.78, 5) is 3.14. The van der Waals surface area contributed by atoms with E-state index in [2.05, 4.69) is 16.4 Å². The fourth-order valence-corrected chi connectivity index (χ4v) is 1.65. The fourth-order valence-electron chi connectivity index (χ4n) is 1.45. The van der Waals surface area contributed by atoms with Crippen LogP contribution in [0.2, 0.25) is 5.02 Å². The predicted molar refractivity (Wildman–Crippen MR) is 62.8 cm³/mol. The van der Waals surface area contributed by atoms with Gasteiger partial charge in [0.1, 0.15) is 0 Å². The highest BCUT2D eigenvalue weighted by molar-refractivity contribution is 6.31. The predicted octanol–water partition coefficient (Wildman–Crippen LogP) is 2.96. The molecule has 2 aromatic rings. The van der Waals surface area contributed by atoms with Crippen molar-refractivity contribution in [1.82, 2.24) is 10.3 Å². The van der Waals surface area contributed by atoms with Gasteiger partial charge in [-0.2, -0.15) is 0 Å². The Morgan fingerprint density at radius 2 is 1.93 bits per heavy atom. The highest BCUT2D eigenvalue weighted by Gasteiger charge is 1.98. The van der Waals surface area contributed by atoms with Crippen molar-refractivity contribution in [3.8, 4) is 0 Å². The number of aromatic amines is 1. The zero-order valence-corrected chi connectivity index (χ0v) is 9.09. The first-order valence-corrected chi connectivity index (χ1v) is 5.30. The van der Waals surface area contributed by atoms with Crippen molar-refractivity contribution in [3.63, 3.8) is 0 Å². The largest absolute Gasteiger partial charge is 0.364 e. The van der Waals surface area contributed by atoms with Crippen LogP contribution in [0.25, 0.3) is 0 Å². The molecule has 2 rings (SSSR count). The van der Waals surface area contributed by atoms with Gasteiger partial charge in [0.15, 0.2) is 0 Å². The second kappa shape index (κ2) is 5.01. The van der Waals surface area contributed by atoms with Gasteiger partial charge < -0.3 is 10.3 Å². The number of nitrogens with one attached hydrogen (secondary N) is 2. The minimum atomic E-state index is 0.790. The molecule has 15 heavy (non-hydrogen) atoms. The van der Waals surface area contributed by atoms with Gasteiger partial charge in [-0.3, -0.25) is 0 Å². The van der Waals surface area contributed by atoms with Gasteiger partial charge in [0.05, 0.1) is 0 Å². The highest BCUT2D eigenvalue weighted by atomic mass is 35.5. The van der Waals surface area contributed by atoms with E-state index in [1.54, 1.807) is 0 Å². The molecule has 0 unspecified atom stereocenters.